The van der Waals surface area contributed by atoms with Crippen molar-refractivity contribution in [1.29, 1.82) is 0 Å². The number of nitro groups is 1. The van der Waals surface area contributed by atoms with Gasteiger partial charge in [0, 0.05) is 42.7 Å². The summed E-state index contributed by atoms with van der Waals surface area (Å²) < 4.78 is 5.92. The molecule has 0 aromatic heterocycles. The van der Waals surface area contributed by atoms with E-state index in [-0.39, 0.29) is 16.0 Å². The molecule has 1 aliphatic carbocycles. The molecule has 126 valence electrons. The third-order valence-corrected chi connectivity index (χ3v) is 5.48. The number of fused-ring (bicyclic) bond motifs is 1. The lowest BCUT2D eigenvalue weighted by Crippen LogP contribution is -2.66. The maximum atomic E-state index is 10.8. The Hall–Kier alpha value is -1.46. The molecular formula is C18H26N2O3. The lowest BCUT2D eigenvalue weighted by atomic mass is 9.56. The van der Waals surface area contributed by atoms with Crippen molar-refractivity contribution in [2.75, 3.05) is 13.2 Å². The first-order valence-electron chi connectivity index (χ1n) is 8.54. The van der Waals surface area contributed by atoms with E-state index in [0.29, 0.717) is 18.1 Å². The van der Waals surface area contributed by atoms with Gasteiger partial charge in [-0.3, -0.25) is 15.0 Å². The molecule has 0 bridgehead atoms. The molecule has 3 rings (SSSR count). The van der Waals surface area contributed by atoms with E-state index in [1.54, 1.807) is 12.1 Å². The number of hydrogen-bond acceptors (Lipinski definition) is 4. The lowest BCUT2D eigenvalue weighted by molar-refractivity contribution is -0.384. The molecule has 0 radical (unpaired) electrons. The molecule has 5 heteroatoms. The quantitative estimate of drug-likeness (QED) is 0.594. The SMILES string of the molecule is CCCN(Cc1ccc([N+](=O)[O-])cc1)[C@@H]1[C@@H]2CCO[C@@H]2C1(C)C. The van der Waals surface area contributed by atoms with Crippen molar-refractivity contribution in [3.05, 3.63) is 39.9 Å². The second kappa shape index (κ2) is 6.21. The van der Waals surface area contributed by atoms with E-state index >= 15 is 0 Å². The third kappa shape index (κ3) is 2.88. The molecule has 3 atom stereocenters. The zero-order chi connectivity index (χ0) is 16.6. The van der Waals surface area contributed by atoms with Gasteiger partial charge in [0.2, 0.25) is 0 Å². The van der Waals surface area contributed by atoms with Crippen LogP contribution in [0.25, 0.3) is 0 Å². The molecule has 1 aromatic rings. The van der Waals surface area contributed by atoms with Crippen molar-refractivity contribution >= 4 is 5.69 Å². The zero-order valence-corrected chi connectivity index (χ0v) is 14.2. The van der Waals surface area contributed by atoms with Gasteiger partial charge in [-0.05, 0) is 24.9 Å². The normalized spacial score (nSPS) is 28.4. The highest BCUT2D eigenvalue weighted by atomic mass is 16.6. The predicted molar refractivity (Wildman–Crippen MR) is 89.2 cm³/mol. The molecule has 1 aromatic carbocycles. The van der Waals surface area contributed by atoms with Crippen LogP contribution in [0.5, 0.6) is 0 Å². The summed E-state index contributed by atoms with van der Waals surface area (Å²) >= 11 is 0. The number of nitro benzene ring substituents is 1. The summed E-state index contributed by atoms with van der Waals surface area (Å²) in [7, 11) is 0. The zero-order valence-electron chi connectivity index (χ0n) is 14.2. The molecule has 0 amide bonds. The Morgan fingerprint density at radius 3 is 2.65 bits per heavy atom. The molecule has 1 aliphatic heterocycles. The summed E-state index contributed by atoms with van der Waals surface area (Å²) in [6.45, 7) is 9.60. The lowest BCUT2D eigenvalue weighted by Gasteiger charge is -2.58. The van der Waals surface area contributed by atoms with E-state index in [0.717, 1.165) is 38.1 Å². The van der Waals surface area contributed by atoms with Crippen molar-refractivity contribution in [3.8, 4) is 0 Å². The Labute approximate surface area is 137 Å². The summed E-state index contributed by atoms with van der Waals surface area (Å²) in [6.07, 6.45) is 2.65. The van der Waals surface area contributed by atoms with Crippen molar-refractivity contribution < 1.29 is 9.66 Å². The van der Waals surface area contributed by atoms with Crippen molar-refractivity contribution in [2.24, 2.45) is 11.3 Å². The second-order valence-electron chi connectivity index (χ2n) is 7.40. The molecule has 0 N–H and O–H groups in total. The largest absolute Gasteiger partial charge is 0.377 e. The van der Waals surface area contributed by atoms with Gasteiger partial charge in [0.15, 0.2) is 0 Å². The van der Waals surface area contributed by atoms with Gasteiger partial charge in [0.1, 0.15) is 0 Å². The molecule has 1 saturated carbocycles. The van der Waals surface area contributed by atoms with Gasteiger partial charge in [-0.25, -0.2) is 0 Å². The summed E-state index contributed by atoms with van der Waals surface area (Å²) in [6, 6.07) is 7.51. The highest BCUT2D eigenvalue weighted by Crippen LogP contribution is 2.54. The monoisotopic (exact) mass is 318 g/mol. The third-order valence-electron chi connectivity index (χ3n) is 5.48. The fourth-order valence-corrected chi connectivity index (χ4v) is 4.60. The van der Waals surface area contributed by atoms with Crippen LogP contribution in [0.15, 0.2) is 24.3 Å². The topological polar surface area (TPSA) is 55.6 Å². The minimum atomic E-state index is -0.344. The molecule has 1 saturated heterocycles. The van der Waals surface area contributed by atoms with Gasteiger partial charge in [0.25, 0.3) is 5.69 Å². The van der Waals surface area contributed by atoms with Crippen LogP contribution < -0.4 is 0 Å². The summed E-state index contributed by atoms with van der Waals surface area (Å²) in [4.78, 5) is 13.0. The Balaban J connectivity index is 1.75. The van der Waals surface area contributed by atoms with Crippen LogP contribution >= 0.6 is 0 Å². The van der Waals surface area contributed by atoms with Crippen LogP contribution in [-0.2, 0) is 11.3 Å². The Morgan fingerprint density at radius 2 is 2.04 bits per heavy atom. The Bertz CT molecular complexity index is 570. The molecule has 5 nitrogen and oxygen atoms in total. The molecule has 0 unspecified atom stereocenters. The fourth-order valence-electron chi connectivity index (χ4n) is 4.60. The highest BCUT2D eigenvalue weighted by molar-refractivity contribution is 5.33. The second-order valence-corrected chi connectivity index (χ2v) is 7.40. The number of ether oxygens (including phenoxy) is 1. The average Bonchev–Trinajstić information content (AvgIpc) is 2.94. The average molecular weight is 318 g/mol. The van der Waals surface area contributed by atoms with Crippen molar-refractivity contribution in [3.63, 3.8) is 0 Å². The number of hydrogen-bond donors (Lipinski definition) is 0. The minimum absolute atomic E-state index is 0.157. The maximum Gasteiger partial charge on any atom is 0.269 e. The summed E-state index contributed by atoms with van der Waals surface area (Å²) in [5.74, 6) is 0.634. The van der Waals surface area contributed by atoms with Gasteiger partial charge >= 0.3 is 0 Å². The first-order valence-corrected chi connectivity index (χ1v) is 8.54. The number of benzene rings is 1. The van der Waals surface area contributed by atoms with Crippen LogP contribution in [-0.4, -0.2) is 35.1 Å². The van der Waals surface area contributed by atoms with Crippen LogP contribution in [0.1, 0.15) is 39.2 Å². The molecule has 23 heavy (non-hydrogen) atoms. The molecule has 0 spiro atoms. The maximum absolute atomic E-state index is 10.8. The molecule has 1 heterocycles. The molecular weight excluding hydrogens is 292 g/mol. The number of nitrogens with zero attached hydrogens (tertiary/aromatic N) is 2. The van der Waals surface area contributed by atoms with E-state index < -0.39 is 0 Å². The van der Waals surface area contributed by atoms with Crippen molar-refractivity contribution in [2.45, 2.75) is 52.3 Å². The standard InChI is InChI=1S/C18H26N2O3/c1-4-10-19(12-13-5-7-14(8-6-13)20(21)22)16-15-9-11-23-17(15)18(16,2)3/h5-8,15-17H,4,9-12H2,1-3H3/t15-,16+,17-/m0/s1. The van der Waals surface area contributed by atoms with Crippen LogP contribution in [0.3, 0.4) is 0 Å². The number of non-ortho nitro benzene ring substituents is 1. The van der Waals surface area contributed by atoms with E-state index in [1.165, 1.54) is 0 Å². The minimum Gasteiger partial charge on any atom is -0.377 e. The fraction of sp³-hybridized carbons (Fsp3) is 0.667. The summed E-state index contributed by atoms with van der Waals surface area (Å²) in [5.41, 5.74) is 1.48. The smallest absolute Gasteiger partial charge is 0.269 e. The van der Waals surface area contributed by atoms with E-state index in [1.807, 2.05) is 12.1 Å². The van der Waals surface area contributed by atoms with Crippen LogP contribution in [0.2, 0.25) is 0 Å². The Morgan fingerprint density at radius 1 is 1.35 bits per heavy atom. The first-order chi connectivity index (χ1) is 10.9. The summed E-state index contributed by atoms with van der Waals surface area (Å²) in [5, 5.41) is 10.8. The highest BCUT2D eigenvalue weighted by Gasteiger charge is 2.60. The van der Waals surface area contributed by atoms with Gasteiger partial charge in [-0.2, -0.15) is 0 Å². The van der Waals surface area contributed by atoms with E-state index in [9.17, 15) is 10.1 Å². The first kappa shape index (κ1) is 16.4. The van der Waals surface area contributed by atoms with Crippen LogP contribution in [0.4, 0.5) is 5.69 Å². The van der Waals surface area contributed by atoms with Crippen LogP contribution in [0, 0.1) is 21.4 Å². The Kier molecular flexibility index (Phi) is 4.43. The molecule has 2 fully saturated rings. The van der Waals surface area contributed by atoms with Gasteiger partial charge in [0.05, 0.1) is 11.0 Å². The van der Waals surface area contributed by atoms with E-state index in [2.05, 4.69) is 25.7 Å². The van der Waals surface area contributed by atoms with Crippen molar-refractivity contribution in [1.82, 2.24) is 4.90 Å². The van der Waals surface area contributed by atoms with Gasteiger partial charge in [-0.15, -0.1) is 0 Å². The number of rotatable bonds is 6. The molecule has 2 aliphatic rings. The van der Waals surface area contributed by atoms with Gasteiger partial charge in [-0.1, -0.05) is 32.9 Å². The van der Waals surface area contributed by atoms with Gasteiger partial charge < -0.3 is 4.74 Å². The van der Waals surface area contributed by atoms with E-state index in [4.69, 9.17) is 4.74 Å². The predicted octanol–water partition coefficient (Wildman–Crippen LogP) is 3.62.